The molecule has 0 saturated carbocycles. The minimum absolute atomic E-state index is 0.948. The lowest BCUT2D eigenvalue weighted by Crippen LogP contribution is -1.91. The predicted molar refractivity (Wildman–Crippen MR) is 97.0 cm³/mol. The molecule has 1 unspecified atom stereocenters. The molecule has 0 aliphatic heterocycles. The fraction of sp³-hybridized carbons (Fsp3) is 0.0526. The zero-order valence-corrected chi connectivity index (χ0v) is 13.3. The Balaban J connectivity index is 2.04. The SMILES string of the molecule is Cn1c2cc(P)ccc2c2cc3oc4ccccc4c3cc21. The van der Waals surface area contributed by atoms with E-state index in [4.69, 9.17) is 4.42 Å². The summed E-state index contributed by atoms with van der Waals surface area (Å²) >= 11 is 0. The zero-order chi connectivity index (χ0) is 14.8. The molecule has 0 saturated heterocycles. The van der Waals surface area contributed by atoms with Crippen LogP contribution in [0.4, 0.5) is 0 Å². The van der Waals surface area contributed by atoms with Crippen molar-refractivity contribution in [2.24, 2.45) is 7.05 Å². The third-order valence-corrected chi connectivity index (χ3v) is 4.89. The maximum absolute atomic E-state index is 6.03. The molecular weight excluding hydrogens is 289 g/mol. The molecule has 3 aromatic carbocycles. The summed E-state index contributed by atoms with van der Waals surface area (Å²) in [6.45, 7) is 0. The van der Waals surface area contributed by atoms with Gasteiger partial charge in [-0.05, 0) is 29.6 Å². The normalized spacial score (nSPS) is 12.1. The molecule has 0 aliphatic carbocycles. The smallest absolute Gasteiger partial charge is 0.136 e. The van der Waals surface area contributed by atoms with Crippen molar-refractivity contribution >= 4 is 58.3 Å². The Morgan fingerprint density at radius 3 is 2.50 bits per heavy atom. The van der Waals surface area contributed by atoms with Crippen LogP contribution in [0.1, 0.15) is 0 Å². The number of aromatic nitrogens is 1. The number of benzene rings is 3. The van der Waals surface area contributed by atoms with Gasteiger partial charge < -0.3 is 8.98 Å². The Morgan fingerprint density at radius 2 is 1.59 bits per heavy atom. The number of aryl methyl sites for hydroxylation is 1. The van der Waals surface area contributed by atoms with Gasteiger partial charge in [-0.1, -0.05) is 30.3 Å². The van der Waals surface area contributed by atoms with Crippen molar-refractivity contribution in [1.29, 1.82) is 0 Å². The molecule has 0 aliphatic rings. The number of hydrogen-bond acceptors (Lipinski definition) is 1. The summed E-state index contributed by atoms with van der Waals surface area (Å²) in [6, 6.07) is 19.2. The van der Waals surface area contributed by atoms with Crippen molar-refractivity contribution in [2.75, 3.05) is 0 Å². The van der Waals surface area contributed by atoms with Gasteiger partial charge in [0.2, 0.25) is 0 Å². The van der Waals surface area contributed by atoms with Crippen LogP contribution in [0.3, 0.4) is 0 Å². The highest BCUT2D eigenvalue weighted by Gasteiger charge is 2.13. The van der Waals surface area contributed by atoms with Gasteiger partial charge in [-0.15, -0.1) is 9.24 Å². The van der Waals surface area contributed by atoms with Crippen molar-refractivity contribution in [3.05, 3.63) is 54.6 Å². The van der Waals surface area contributed by atoms with Gasteiger partial charge in [0.05, 0.1) is 0 Å². The van der Waals surface area contributed by atoms with Gasteiger partial charge in [0, 0.05) is 39.6 Å². The van der Waals surface area contributed by atoms with E-state index >= 15 is 0 Å². The van der Waals surface area contributed by atoms with Gasteiger partial charge in [-0.2, -0.15) is 0 Å². The average molecular weight is 303 g/mol. The van der Waals surface area contributed by atoms with Crippen LogP contribution in [0.15, 0.2) is 59.0 Å². The second-order valence-electron chi connectivity index (χ2n) is 5.80. The van der Waals surface area contributed by atoms with Crippen molar-refractivity contribution in [1.82, 2.24) is 4.57 Å². The van der Waals surface area contributed by atoms with Crippen LogP contribution in [0.25, 0.3) is 43.7 Å². The molecule has 2 nitrogen and oxygen atoms in total. The second kappa shape index (κ2) is 4.12. The molecule has 106 valence electrons. The van der Waals surface area contributed by atoms with Crippen LogP contribution in [0.5, 0.6) is 0 Å². The number of nitrogens with zero attached hydrogens (tertiary/aromatic N) is 1. The average Bonchev–Trinajstić information content (AvgIpc) is 3.02. The largest absolute Gasteiger partial charge is 0.456 e. The number of para-hydroxylation sites is 1. The van der Waals surface area contributed by atoms with Gasteiger partial charge in [0.25, 0.3) is 0 Å². The molecule has 5 aromatic rings. The number of furan rings is 1. The van der Waals surface area contributed by atoms with Gasteiger partial charge in [-0.25, -0.2) is 0 Å². The number of hydrogen-bond donors (Lipinski definition) is 0. The molecular formula is C19H14NOP. The lowest BCUT2D eigenvalue weighted by molar-refractivity contribution is 0.669. The van der Waals surface area contributed by atoms with Crippen LogP contribution in [-0.2, 0) is 7.05 Å². The Kier molecular flexibility index (Phi) is 2.29. The third-order valence-electron chi connectivity index (χ3n) is 4.53. The third kappa shape index (κ3) is 1.48. The van der Waals surface area contributed by atoms with E-state index in [1.807, 2.05) is 12.1 Å². The molecule has 5 rings (SSSR count). The predicted octanol–water partition coefficient (Wildman–Crippen LogP) is 4.73. The zero-order valence-electron chi connectivity index (χ0n) is 12.1. The lowest BCUT2D eigenvalue weighted by atomic mass is 10.1. The fourth-order valence-electron chi connectivity index (χ4n) is 3.44. The van der Waals surface area contributed by atoms with Crippen molar-refractivity contribution in [3.63, 3.8) is 0 Å². The molecule has 0 amide bonds. The number of fused-ring (bicyclic) bond motifs is 6. The summed E-state index contributed by atoms with van der Waals surface area (Å²) in [5.74, 6) is 0. The first kappa shape index (κ1) is 12.3. The highest BCUT2D eigenvalue weighted by atomic mass is 31.0. The first-order valence-electron chi connectivity index (χ1n) is 7.31. The monoisotopic (exact) mass is 303 g/mol. The Hall–Kier alpha value is -2.31. The first-order chi connectivity index (χ1) is 10.7. The van der Waals surface area contributed by atoms with Crippen molar-refractivity contribution in [3.8, 4) is 0 Å². The van der Waals surface area contributed by atoms with E-state index in [0.29, 0.717) is 0 Å². The van der Waals surface area contributed by atoms with Crippen molar-refractivity contribution < 1.29 is 4.42 Å². The van der Waals surface area contributed by atoms with E-state index in [2.05, 4.69) is 63.3 Å². The quantitative estimate of drug-likeness (QED) is 0.378. The fourth-order valence-corrected chi connectivity index (χ4v) is 3.69. The van der Waals surface area contributed by atoms with Crippen LogP contribution < -0.4 is 5.30 Å². The van der Waals surface area contributed by atoms with Crippen LogP contribution in [0.2, 0.25) is 0 Å². The van der Waals surface area contributed by atoms with Gasteiger partial charge in [0.1, 0.15) is 11.2 Å². The minimum atomic E-state index is 0.948. The van der Waals surface area contributed by atoms with Gasteiger partial charge >= 0.3 is 0 Å². The molecule has 0 N–H and O–H groups in total. The maximum Gasteiger partial charge on any atom is 0.136 e. The second-order valence-corrected chi connectivity index (χ2v) is 6.47. The molecule has 22 heavy (non-hydrogen) atoms. The van der Waals surface area contributed by atoms with E-state index in [-0.39, 0.29) is 0 Å². The Morgan fingerprint density at radius 1 is 0.773 bits per heavy atom. The number of rotatable bonds is 0. The van der Waals surface area contributed by atoms with E-state index in [1.54, 1.807) is 0 Å². The summed E-state index contributed by atoms with van der Waals surface area (Å²) in [6.07, 6.45) is 0. The van der Waals surface area contributed by atoms with Crippen LogP contribution in [-0.4, -0.2) is 4.57 Å². The molecule has 3 heteroatoms. The Labute approximate surface area is 129 Å². The molecule has 2 heterocycles. The summed E-state index contributed by atoms with van der Waals surface area (Å²) in [4.78, 5) is 0. The van der Waals surface area contributed by atoms with Gasteiger partial charge in [0.15, 0.2) is 0 Å². The van der Waals surface area contributed by atoms with E-state index in [1.165, 1.54) is 37.9 Å². The van der Waals surface area contributed by atoms with Crippen molar-refractivity contribution in [2.45, 2.75) is 0 Å². The summed E-state index contributed by atoms with van der Waals surface area (Å²) < 4.78 is 8.29. The molecule has 0 bridgehead atoms. The maximum atomic E-state index is 6.03. The summed E-state index contributed by atoms with van der Waals surface area (Å²) in [5.41, 5.74) is 4.39. The summed E-state index contributed by atoms with van der Waals surface area (Å²) in [5, 5.41) is 6.07. The van der Waals surface area contributed by atoms with E-state index < -0.39 is 0 Å². The summed E-state index contributed by atoms with van der Waals surface area (Å²) in [7, 11) is 4.90. The lowest BCUT2D eigenvalue weighted by Gasteiger charge is -1.98. The Bertz CT molecular complexity index is 1200. The molecule has 0 fully saturated rings. The van der Waals surface area contributed by atoms with E-state index in [0.717, 1.165) is 11.2 Å². The first-order valence-corrected chi connectivity index (χ1v) is 7.89. The minimum Gasteiger partial charge on any atom is -0.456 e. The standard InChI is InChI=1S/C19H14NOP/c1-20-16-8-11(22)6-7-12(16)14-10-19-15(9-17(14)20)13-4-2-3-5-18(13)21-19/h2-10H,22H2,1H3. The highest BCUT2D eigenvalue weighted by molar-refractivity contribution is 7.27. The van der Waals surface area contributed by atoms with E-state index in [9.17, 15) is 0 Å². The highest BCUT2D eigenvalue weighted by Crippen LogP contribution is 2.35. The van der Waals surface area contributed by atoms with Crippen LogP contribution >= 0.6 is 9.24 Å². The van der Waals surface area contributed by atoms with Gasteiger partial charge in [-0.3, -0.25) is 0 Å². The van der Waals surface area contributed by atoms with Crippen LogP contribution in [0, 0.1) is 0 Å². The molecule has 1 atom stereocenters. The molecule has 2 aromatic heterocycles. The molecule has 0 spiro atoms. The molecule has 0 radical (unpaired) electrons. The topological polar surface area (TPSA) is 18.1 Å².